The molecule has 0 aliphatic rings. The van der Waals surface area contributed by atoms with Crippen LogP contribution in [0.4, 0.5) is 0 Å². The van der Waals surface area contributed by atoms with Crippen molar-refractivity contribution in [3.63, 3.8) is 0 Å². The van der Waals surface area contributed by atoms with E-state index >= 15 is 0 Å². The molecule has 2 N–H and O–H groups in total. The Kier molecular flexibility index (Phi) is 2.64. The number of carboxylic acid groups (broad SMARTS) is 1. The first kappa shape index (κ1) is 9.69. The summed E-state index contributed by atoms with van der Waals surface area (Å²) in [4.78, 5) is 10.2. The molecule has 1 aromatic rings. The van der Waals surface area contributed by atoms with Gasteiger partial charge in [-0.05, 0) is 29.3 Å². The largest absolute Gasteiger partial charge is 0.768 e. The summed E-state index contributed by atoms with van der Waals surface area (Å²) in [6, 6.07) is 3.02. The number of carboxylic acids is 1. The molecule has 0 amide bonds. The zero-order chi connectivity index (χ0) is 10.0. The normalized spacial score (nSPS) is 12.4. The Morgan fingerprint density at radius 3 is 2.46 bits per heavy atom. The lowest BCUT2D eigenvalue weighted by Crippen LogP contribution is -1.98. The van der Waals surface area contributed by atoms with Crippen molar-refractivity contribution in [3.05, 3.63) is 23.8 Å². The molecule has 5 nitrogen and oxygen atoms in total. The number of carbonyl (C=O) groups is 1. The lowest BCUT2D eigenvalue weighted by atomic mass is 10.2. The quantitative estimate of drug-likeness (QED) is 0.672. The van der Waals surface area contributed by atoms with Crippen molar-refractivity contribution in [3.8, 4) is 5.75 Å². The van der Waals surface area contributed by atoms with E-state index < -0.39 is 22.8 Å². The molecule has 1 unspecified atom stereocenters. The third-order valence-electron chi connectivity index (χ3n) is 1.39. The van der Waals surface area contributed by atoms with Crippen LogP contribution in [-0.2, 0) is 11.1 Å². The molecular formula is C7H5O5S-. The van der Waals surface area contributed by atoms with Gasteiger partial charge in [0.1, 0.15) is 11.3 Å². The van der Waals surface area contributed by atoms with E-state index in [2.05, 4.69) is 0 Å². The van der Waals surface area contributed by atoms with E-state index in [-0.39, 0.29) is 10.5 Å². The average molecular weight is 201 g/mol. The first-order valence-electron chi connectivity index (χ1n) is 3.18. The minimum absolute atomic E-state index is 0.150. The summed E-state index contributed by atoms with van der Waals surface area (Å²) >= 11 is -2.46. The second-order valence-electron chi connectivity index (χ2n) is 2.22. The molecule has 0 saturated heterocycles. The first-order valence-corrected chi connectivity index (χ1v) is 4.25. The molecule has 0 heterocycles. The highest BCUT2D eigenvalue weighted by atomic mass is 32.2. The summed E-state index contributed by atoms with van der Waals surface area (Å²) in [6.07, 6.45) is 0. The number of hydrogen-bond acceptors (Lipinski definition) is 4. The smallest absolute Gasteiger partial charge is 0.339 e. The van der Waals surface area contributed by atoms with Crippen LogP contribution in [0.1, 0.15) is 10.4 Å². The summed E-state index contributed by atoms with van der Waals surface area (Å²) in [5.41, 5.74) is -0.325. The number of hydrogen-bond donors (Lipinski definition) is 2. The number of phenols is 1. The Morgan fingerprint density at radius 2 is 2.08 bits per heavy atom. The van der Waals surface area contributed by atoms with Crippen molar-refractivity contribution in [2.75, 3.05) is 0 Å². The predicted octanol–water partition coefficient (Wildman–Crippen LogP) is 0.328. The molecule has 6 heteroatoms. The molecule has 0 radical (unpaired) electrons. The Balaban J connectivity index is 3.20. The second kappa shape index (κ2) is 3.55. The summed E-state index contributed by atoms with van der Waals surface area (Å²) < 4.78 is 20.8. The fourth-order valence-corrected chi connectivity index (χ4v) is 1.18. The standard InChI is InChI=1S/C7H6O5S/c8-6-3-4(13(11)12)1-2-5(6)7(9)10/h1-3,8H,(H,9,10)(H,11,12)/p-1. The van der Waals surface area contributed by atoms with Gasteiger partial charge < -0.3 is 14.8 Å². The molecule has 13 heavy (non-hydrogen) atoms. The van der Waals surface area contributed by atoms with Gasteiger partial charge in [-0.1, -0.05) is 0 Å². The Hall–Kier alpha value is -1.40. The van der Waals surface area contributed by atoms with Gasteiger partial charge >= 0.3 is 5.97 Å². The van der Waals surface area contributed by atoms with E-state index in [1.54, 1.807) is 0 Å². The Bertz CT molecular complexity index is 373. The van der Waals surface area contributed by atoms with Crippen LogP contribution in [0, 0.1) is 0 Å². The second-order valence-corrected chi connectivity index (χ2v) is 3.16. The fourth-order valence-electron chi connectivity index (χ4n) is 0.796. The molecule has 1 atom stereocenters. The highest BCUT2D eigenvalue weighted by Crippen LogP contribution is 2.19. The van der Waals surface area contributed by atoms with Gasteiger partial charge in [-0.2, -0.15) is 0 Å². The Morgan fingerprint density at radius 1 is 1.46 bits per heavy atom. The van der Waals surface area contributed by atoms with Gasteiger partial charge in [-0.25, -0.2) is 4.79 Å². The van der Waals surface area contributed by atoms with Crippen LogP contribution in [0.15, 0.2) is 23.1 Å². The minimum Gasteiger partial charge on any atom is -0.768 e. The molecule has 0 spiro atoms. The molecule has 0 saturated carbocycles. The topological polar surface area (TPSA) is 97.7 Å². The molecule has 1 rings (SSSR count). The zero-order valence-corrected chi connectivity index (χ0v) is 7.08. The van der Waals surface area contributed by atoms with Gasteiger partial charge in [-0.3, -0.25) is 4.21 Å². The molecule has 0 fully saturated rings. The van der Waals surface area contributed by atoms with Crippen molar-refractivity contribution in [2.24, 2.45) is 0 Å². The van der Waals surface area contributed by atoms with Crippen molar-refractivity contribution in [2.45, 2.75) is 4.90 Å². The van der Waals surface area contributed by atoms with Gasteiger partial charge in [-0.15, -0.1) is 0 Å². The van der Waals surface area contributed by atoms with Gasteiger partial charge in [0.15, 0.2) is 0 Å². The van der Waals surface area contributed by atoms with Gasteiger partial charge in [0, 0.05) is 4.90 Å². The lowest BCUT2D eigenvalue weighted by molar-refractivity contribution is 0.0693. The maximum absolute atomic E-state index is 10.4. The zero-order valence-electron chi connectivity index (χ0n) is 6.26. The average Bonchev–Trinajstić information content (AvgIpc) is 2.03. The van der Waals surface area contributed by atoms with Crippen molar-refractivity contribution in [1.29, 1.82) is 0 Å². The van der Waals surface area contributed by atoms with Crippen LogP contribution in [0.25, 0.3) is 0 Å². The van der Waals surface area contributed by atoms with E-state index in [4.69, 9.17) is 10.2 Å². The van der Waals surface area contributed by atoms with Crippen LogP contribution in [0.2, 0.25) is 0 Å². The molecule has 0 aromatic heterocycles. The third kappa shape index (κ3) is 2.04. The predicted molar refractivity (Wildman–Crippen MR) is 42.3 cm³/mol. The highest BCUT2D eigenvalue weighted by molar-refractivity contribution is 7.79. The number of aromatic carboxylic acids is 1. The molecule has 0 aliphatic carbocycles. The molecule has 0 aliphatic heterocycles. The summed E-state index contributed by atoms with van der Waals surface area (Å²) in [6.45, 7) is 0. The number of benzene rings is 1. The SMILES string of the molecule is O=C(O)c1ccc(S(=O)[O-])cc1O. The van der Waals surface area contributed by atoms with Crippen LogP contribution < -0.4 is 0 Å². The van der Waals surface area contributed by atoms with E-state index in [1.807, 2.05) is 0 Å². The third-order valence-corrected chi connectivity index (χ3v) is 2.03. The van der Waals surface area contributed by atoms with Crippen LogP contribution in [0.3, 0.4) is 0 Å². The molecule has 1 aromatic carbocycles. The summed E-state index contributed by atoms with van der Waals surface area (Å²) in [5.74, 6) is -1.87. The summed E-state index contributed by atoms with van der Waals surface area (Å²) in [5, 5.41) is 17.5. The van der Waals surface area contributed by atoms with Gasteiger partial charge in [0.25, 0.3) is 0 Å². The van der Waals surface area contributed by atoms with Crippen molar-refractivity contribution < 1.29 is 23.8 Å². The minimum atomic E-state index is -2.46. The van der Waals surface area contributed by atoms with E-state index in [9.17, 15) is 13.6 Å². The van der Waals surface area contributed by atoms with E-state index in [1.165, 1.54) is 0 Å². The van der Waals surface area contributed by atoms with Crippen molar-refractivity contribution in [1.82, 2.24) is 0 Å². The Labute approximate surface area is 75.9 Å². The number of aromatic hydroxyl groups is 1. The maximum atomic E-state index is 10.4. The van der Waals surface area contributed by atoms with E-state index in [0.29, 0.717) is 0 Å². The highest BCUT2D eigenvalue weighted by Gasteiger charge is 2.09. The summed E-state index contributed by atoms with van der Waals surface area (Å²) in [7, 11) is 0. The van der Waals surface area contributed by atoms with E-state index in [0.717, 1.165) is 18.2 Å². The monoisotopic (exact) mass is 201 g/mol. The van der Waals surface area contributed by atoms with Gasteiger partial charge in [0.2, 0.25) is 0 Å². The molecule has 70 valence electrons. The van der Waals surface area contributed by atoms with Crippen molar-refractivity contribution >= 4 is 17.0 Å². The molecule has 0 bridgehead atoms. The lowest BCUT2D eigenvalue weighted by Gasteiger charge is -2.06. The van der Waals surface area contributed by atoms with Crippen LogP contribution in [0.5, 0.6) is 5.75 Å². The molecular weight excluding hydrogens is 196 g/mol. The number of rotatable bonds is 2. The van der Waals surface area contributed by atoms with Crippen LogP contribution >= 0.6 is 0 Å². The van der Waals surface area contributed by atoms with Crippen LogP contribution in [-0.4, -0.2) is 24.9 Å². The first-order chi connectivity index (χ1) is 6.02. The maximum Gasteiger partial charge on any atom is 0.339 e. The fraction of sp³-hybridized carbons (Fsp3) is 0. The van der Waals surface area contributed by atoms with Gasteiger partial charge in [0.05, 0.1) is 0 Å².